The van der Waals surface area contributed by atoms with E-state index < -0.39 is 0 Å². The Balaban J connectivity index is 1.28. The monoisotopic (exact) mass is 561 g/mol. The zero-order chi connectivity index (χ0) is 29.1. The Labute approximate surface area is 260 Å². The molecule has 1 heterocycles. The molecule has 0 N–H and O–H groups in total. The lowest BCUT2D eigenvalue weighted by Crippen LogP contribution is -2.30. The summed E-state index contributed by atoms with van der Waals surface area (Å²) >= 11 is 0. The van der Waals surface area contributed by atoms with Crippen LogP contribution in [0.5, 0.6) is 0 Å². The molecule has 4 aromatic rings. The molecule has 3 fully saturated rings. The van der Waals surface area contributed by atoms with Crippen molar-refractivity contribution >= 4 is 15.7 Å². The van der Waals surface area contributed by atoms with Gasteiger partial charge in [-0.25, -0.2) is 0 Å². The Hall–Kier alpha value is -3.06. The number of pyridine rings is 1. The number of nitrogens with zero attached hydrogens (tertiary/aromatic N) is 1. The summed E-state index contributed by atoms with van der Waals surface area (Å²) in [4.78, 5) is 5.09. The summed E-state index contributed by atoms with van der Waals surface area (Å²) in [7, 11) is 5.04. The number of fused-ring (bicyclic) bond motifs is 5. The molecule has 3 saturated carbocycles. The van der Waals surface area contributed by atoms with Gasteiger partial charge in [0.05, 0.1) is 5.69 Å². The summed E-state index contributed by atoms with van der Waals surface area (Å²) in [6, 6.07) is 28.4. The molecule has 0 atom stereocenters. The third-order valence-corrected chi connectivity index (χ3v) is 12.4. The van der Waals surface area contributed by atoms with Gasteiger partial charge in [-0.3, -0.25) is 4.98 Å². The number of hydrogen-bond donors (Lipinski definition) is 0. The van der Waals surface area contributed by atoms with Crippen molar-refractivity contribution in [3.05, 3.63) is 101 Å². The molecule has 0 saturated heterocycles. The first-order valence-corrected chi connectivity index (χ1v) is 17.4. The Morgan fingerprint density at radius 1 is 0.488 bits per heavy atom. The van der Waals surface area contributed by atoms with E-state index in [4.69, 9.17) is 4.98 Å². The van der Waals surface area contributed by atoms with Gasteiger partial charge >= 0.3 is 0 Å². The Morgan fingerprint density at radius 2 is 1.09 bits per heavy atom. The highest BCUT2D eigenvalue weighted by Crippen LogP contribution is 2.58. The lowest BCUT2D eigenvalue weighted by molar-refractivity contribution is 0.397. The van der Waals surface area contributed by atoms with Crippen molar-refractivity contribution in [2.24, 2.45) is 0 Å². The fourth-order valence-corrected chi connectivity index (χ4v) is 9.72. The zero-order valence-corrected chi connectivity index (χ0v) is 26.4. The molecule has 0 radical (unpaired) electrons. The first-order valence-electron chi connectivity index (χ1n) is 17.4. The number of rotatable bonds is 4. The van der Waals surface area contributed by atoms with Crippen LogP contribution in [0.1, 0.15) is 112 Å². The molecule has 43 heavy (non-hydrogen) atoms. The topological polar surface area (TPSA) is 12.9 Å². The maximum Gasteiger partial charge on any atom is 0.115 e. The molecule has 0 aliphatic heterocycles. The van der Waals surface area contributed by atoms with Gasteiger partial charge in [-0.15, -0.1) is 0 Å². The summed E-state index contributed by atoms with van der Waals surface area (Å²) in [5, 5.41) is 0.523. The number of benzene rings is 3. The van der Waals surface area contributed by atoms with Crippen LogP contribution in [0, 0.1) is 0 Å². The first-order chi connectivity index (χ1) is 21.0. The molecular weight excluding hydrogens is 516 g/mol. The minimum Gasteiger partial charge on any atom is -0.256 e. The van der Waals surface area contributed by atoms with Gasteiger partial charge in [0.25, 0.3) is 0 Å². The van der Waals surface area contributed by atoms with Crippen molar-refractivity contribution in [3.8, 4) is 33.5 Å². The third kappa shape index (κ3) is 4.48. The second-order valence-electron chi connectivity index (χ2n) is 15.0. The van der Waals surface area contributed by atoms with E-state index in [1.807, 2.05) is 0 Å². The lowest BCUT2D eigenvalue weighted by Gasteiger charge is -2.36. The lowest BCUT2D eigenvalue weighted by atomic mass is 9.56. The summed E-state index contributed by atoms with van der Waals surface area (Å²) < 4.78 is 0. The van der Waals surface area contributed by atoms with Gasteiger partial charge in [-0.05, 0) is 80.1 Å². The Morgan fingerprint density at radius 3 is 1.79 bits per heavy atom. The van der Waals surface area contributed by atoms with E-state index in [0.29, 0.717) is 5.31 Å². The van der Waals surface area contributed by atoms with E-state index in [0.717, 1.165) is 5.69 Å². The van der Waals surface area contributed by atoms with Gasteiger partial charge in [-0.2, -0.15) is 0 Å². The Bertz CT molecular complexity index is 1650. The summed E-state index contributed by atoms with van der Waals surface area (Å²) in [6.45, 7) is 0. The molecule has 1 nitrogen and oxygen atoms in total. The molecule has 0 unspecified atom stereocenters. The third-order valence-electron chi connectivity index (χ3n) is 12.4. The highest BCUT2D eigenvalue weighted by Gasteiger charge is 2.46. The van der Waals surface area contributed by atoms with E-state index in [1.165, 1.54) is 123 Å². The van der Waals surface area contributed by atoms with E-state index in [9.17, 15) is 0 Å². The largest absolute Gasteiger partial charge is 0.256 e. The van der Waals surface area contributed by atoms with Gasteiger partial charge in [-0.1, -0.05) is 138 Å². The molecule has 3 heteroatoms. The molecule has 0 amide bonds. The van der Waals surface area contributed by atoms with E-state index in [2.05, 4.69) is 94.7 Å². The minimum atomic E-state index is 0.173. The highest BCUT2D eigenvalue weighted by molar-refractivity contribution is 6.17. The van der Waals surface area contributed by atoms with E-state index >= 15 is 0 Å². The standard InChI is InChI=1S/C40H45B2N/c41-39(20-6-2-7-21-39)30-15-17-32-31-16-14-29(24-34(31)38(35(32)25-30)18-10-11-19-38)33-26-37(28-12-4-1-5-13-28)43-27-36(33)40(42)22-8-3-9-23-40/h1,4-5,12-17,24-27H,2-3,6-11,18-23,41-42H2. The molecule has 0 bridgehead atoms. The molecule has 1 aromatic heterocycles. The average molecular weight is 561 g/mol. The van der Waals surface area contributed by atoms with Gasteiger partial charge < -0.3 is 0 Å². The van der Waals surface area contributed by atoms with Gasteiger partial charge in [0.1, 0.15) is 15.7 Å². The zero-order valence-electron chi connectivity index (χ0n) is 26.4. The highest BCUT2D eigenvalue weighted by atomic mass is 14.7. The van der Waals surface area contributed by atoms with Crippen LogP contribution >= 0.6 is 0 Å². The predicted molar refractivity (Wildman–Crippen MR) is 186 cm³/mol. The fraction of sp³-hybridized carbons (Fsp3) is 0.425. The normalized spacial score (nSPS) is 21.4. The maximum atomic E-state index is 5.09. The smallest absolute Gasteiger partial charge is 0.115 e. The predicted octanol–water partition coefficient (Wildman–Crippen LogP) is 8.84. The summed E-state index contributed by atoms with van der Waals surface area (Å²) in [5.74, 6) is 0. The SMILES string of the molecule is BC1(c2ccc3c(c2)C2(CCCC2)c2cc(-c4cc(-c5ccccc5)ncc4C4(B)CCCCC4)ccc2-3)CCCCC1. The second-order valence-corrected chi connectivity index (χ2v) is 15.0. The number of hydrogen-bond acceptors (Lipinski definition) is 1. The molecule has 1 spiro atoms. The molecule has 4 aliphatic rings. The molecule has 8 rings (SSSR count). The molecule has 3 aromatic carbocycles. The van der Waals surface area contributed by atoms with Gasteiger partial charge in [0.2, 0.25) is 0 Å². The Kier molecular flexibility index (Phi) is 6.73. The van der Waals surface area contributed by atoms with Crippen molar-refractivity contribution in [1.82, 2.24) is 4.98 Å². The van der Waals surface area contributed by atoms with Crippen LogP contribution in [0.4, 0.5) is 0 Å². The van der Waals surface area contributed by atoms with Crippen molar-refractivity contribution in [3.63, 3.8) is 0 Å². The quantitative estimate of drug-likeness (QED) is 0.227. The molecular formula is C40H45B2N. The summed E-state index contributed by atoms with van der Waals surface area (Å²) in [5.41, 5.74) is 14.5. The minimum absolute atomic E-state index is 0.173. The second kappa shape index (κ2) is 10.5. The van der Waals surface area contributed by atoms with Gasteiger partial charge in [0, 0.05) is 17.2 Å². The first kappa shape index (κ1) is 27.5. The van der Waals surface area contributed by atoms with Crippen LogP contribution in [0.2, 0.25) is 0 Å². The number of aromatic nitrogens is 1. The summed E-state index contributed by atoms with van der Waals surface area (Å²) in [6.07, 6.45) is 20.8. The van der Waals surface area contributed by atoms with Crippen molar-refractivity contribution in [2.45, 2.75) is 106 Å². The van der Waals surface area contributed by atoms with Crippen LogP contribution in [0.15, 0.2) is 79.0 Å². The maximum absolute atomic E-state index is 5.09. The van der Waals surface area contributed by atoms with E-state index in [-0.39, 0.29) is 10.7 Å². The fourth-order valence-electron chi connectivity index (χ4n) is 9.72. The van der Waals surface area contributed by atoms with Crippen molar-refractivity contribution in [2.75, 3.05) is 0 Å². The van der Waals surface area contributed by atoms with E-state index in [1.54, 1.807) is 16.7 Å². The van der Waals surface area contributed by atoms with Crippen LogP contribution < -0.4 is 0 Å². The van der Waals surface area contributed by atoms with Crippen molar-refractivity contribution < 1.29 is 0 Å². The van der Waals surface area contributed by atoms with Gasteiger partial charge in [0.15, 0.2) is 0 Å². The van der Waals surface area contributed by atoms with Crippen LogP contribution in [-0.4, -0.2) is 20.7 Å². The van der Waals surface area contributed by atoms with Crippen molar-refractivity contribution in [1.29, 1.82) is 0 Å². The average Bonchev–Trinajstić information content (AvgIpc) is 3.66. The van der Waals surface area contributed by atoms with Crippen LogP contribution in [-0.2, 0) is 16.0 Å². The molecule has 4 aliphatic carbocycles. The van der Waals surface area contributed by atoms with Crippen LogP contribution in [0.25, 0.3) is 33.5 Å². The molecule has 216 valence electrons. The van der Waals surface area contributed by atoms with Crippen LogP contribution in [0.3, 0.4) is 0 Å².